The molecule has 0 aliphatic heterocycles. The number of halogens is 1. The van der Waals surface area contributed by atoms with Gasteiger partial charge in [0.15, 0.2) is 5.82 Å². The minimum Gasteiger partial charge on any atom is -0.496 e. The Labute approximate surface area is 199 Å². The number of carbonyl (C=O) groups is 1. The molecule has 5 rings (SSSR count). The lowest BCUT2D eigenvalue weighted by molar-refractivity contribution is 0.0947. The number of anilines is 1. The van der Waals surface area contributed by atoms with Crippen molar-refractivity contribution in [1.82, 2.24) is 30.7 Å². The maximum atomic E-state index is 13.6. The highest BCUT2D eigenvalue weighted by atomic mass is 19.1. The van der Waals surface area contributed by atoms with E-state index in [2.05, 4.69) is 30.7 Å². The second-order valence-electron chi connectivity index (χ2n) is 7.73. The predicted molar refractivity (Wildman–Crippen MR) is 129 cm³/mol. The molecular formula is C25H20FN7O2. The smallest absolute Gasteiger partial charge is 0.255 e. The van der Waals surface area contributed by atoms with E-state index in [0.717, 1.165) is 33.8 Å². The van der Waals surface area contributed by atoms with Crippen LogP contribution in [0.5, 0.6) is 5.75 Å². The molecule has 10 heteroatoms. The van der Waals surface area contributed by atoms with Crippen molar-refractivity contribution in [1.29, 1.82) is 0 Å². The average Bonchev–Trinajstić information content (AvgIpc) is 3.29. The summed E-state index contributed by atoms with van der Waals surface area (Å²) < 4.78 is 18.7. The lowest BCUT2D eigenvalue weighted by Crippen LogP contribution is -2.23. The number of methoxy groups -OCH3 is 1. The number of fused-ring (bicyclic) bond motifs is 1. The highest BCUT2D eigenvalue weighted by Crippen LogP contribution is 2.35. The number of H-pyrrole nitrogens is 1. The third kappa shape index (κ3) is 4.24. The molecule has 174 valence electrons. The molecule has 2 aromatic carbocycles. The number of aromatic amines is 1. The Kier molecular flexibility index (Phi) is 5.76. The van der Waals surface area contributed by atoms with E-state index in [-0.39, 0.29) is 12.1 Å². The Balaban J connectivity index is 1.39. The maximum Gasteiger partial charge on any atom is 0.255 e. The number of rotatable bonds is 6. The zero-order valence-corrected chi connectivity index (χ0v) is 18.6. The summed E-state index contributed by atoms with van der Waals surface area (Å²) in [6, 6.07) is 13.2. The van der Waals surface area contributed by atoms with Gasteiger partial charge in [0.1, 0.15) is 11.6 Å². The fraction of sp³-hybridized carbons (Fsp3) is 0.0800. The van der Waals surface area contributed by atoms with Gasteiger partial charge in [-0.25, -0.2) is 4.39 Å². The molecule has 0 atom stereocenters. The van der Waals surface area contributed by atoms with Crippen LogP contribution in [0, 0.1) is 5.82 Å². The Morgan fingerprint density at radius 3 is 2.66 bits per heavy atom. The van der Waals surface area contributed by atoms with Crippen LogP contribution in [0.3, 0.4) is 0 Å². The topological polar surface area (TPSA) is 132 Å². The molecule has 0 radical (unpaired) electrons. The molecule has 0 saturated heterocycles. The van der Waals surface area contributed by atoms with Crippen molar-refractivity contribution in [3.63, 3.8) is 0 Å². The number of nitrogen functional groups attached to an aromatic ring is 1. The fourth-order valence-electron chi connectivity index (χ4n) is 3.85. The van der Waals surface area contributed by atoms with E-state index in [9.17, 15) is 9.18 Å². The molecule has 0 fully saturated rings. The monoisotopic (exact) mass is 469 g/mol. The number of pyridine rings is 1. The molecule has 3 aromatic heterocycles. The van der Waals surface area contributed by atoms with Gasteiger partial charge in [-0.15, -0.1) is 0 Å². The molecule has 0 spiro atoms. The Hall–Kier alpha value is -4.86. The van der Waals surface area contributed by atoms with E-state index in [1.807, 2.05) is 30.3 Å². The van der Waals surface area contributed by atoms with E-state index in [4.69, 9.17) is 10.5 Å². The van der Waals surface area contributed by atoms with Crippen LogP contribution in [0.25, 0.3) is 33.3 Å². The van der Waals surface area contributed by atoms with Crippen molar-refractivity contribution in [3.05, 3.63) is 84.1 Å². The van der Waals surface area contributed by atoms with Gasteiger partial charge in [-0.2, -0.15) is 15.3 Å². The highest BCUT2D eigenvalue weighted by molar-refractivity contribution is 6.06. The second kappa shape index (κ2) is 9.18. The zero-order chi connectivity index (χ0) is 24.4. The number of amides is 1. The summed E-state index contributed by atoms with van der Waals surface area (Å²) in [5.41, 5.74) is 11.1. The average molecular weight is 469 g/mol. The SMILES string of the molecule is COc1ccc(F)cc1C(=O)NCc1ccc(-c2ncc(-c3ccnnc3)c3[nH]nc(N)c23)cc1. The molecule has 9 nitrogen and oxygen atoms in total. The maximum absolute atomic E-state index is 13.6. The molecule has 0 bridgehead atoms. The number of ether oxygens (including phenoxy) is 1. The number of nitrogens with zero attached hydrogens (tertiary/aromatic N) is 4. The summed E-state index contributed by atoms with van der Waals surface area (Å²) in [6.45, 7) is 0.253. The first-order valence-electron chi connectivity index (χ1n) is 10.7. The molecule has 0 aliphatic carbocycles. The number of benzene rings is 2. The van der Waals surface area contributed by atoms with Crippen LogP contribution in [-0.2, 0) is 6.54 Å². The van der Waals surface area contributed by atoms with Gasteiger partial charge in [-0.05, 0) is 29.8 Å². The van der Waals surface area contributed by atoms with Gasteiger partial charge in [-0.3, -0.25) is 14.9 Å². The van der Waals surface area contributed by atoms with E-state index in [0.29, 0.717) is 22.6 Å². The quantitative estimate of drug-likeness (QED) is 0.345. The standard InChI is InChI=1S/C25H20FN7O2/c1-35-20-7-6-17(26)10-18(20)25(34)29-11-14-2-4-15(5-3-14)22-21-23(32-33-24(21)27)19(13-28-22)16-8-9-30-31-12-16/h2-10,12-13H,11H2,1H3,(H,29,34)(H3,27,32,33). The van der Waals surface area contributed by atoms with Crippen LogP contribution in [0.1, 0.15) is 15.9 Å². The van der Waals surface area contributed by atoms with Crippen LogP contribution in [0.2, 0.25) is 0 Å². The lowest BCUT2D eigenvalue weighted by atomic mass is 10.0. The van der Waals surface area contributed by atoms with Crippen molar-refractivity contribution in [2.75, 3.05) is 12.8 Å². The lowest BCUT2D eigenvalue weighted by Gasteiger charge is -2.11. The fourth-order valence-corrected chi connectivity index (χ4v) is 3.85. The molecule has 3 heterocycles. The first-order chi connectivity index (χ1) is 17.0. The first-order valence-corrected chi connectivity index (χ1v) is 10.7. The number of nitrogens with one attached hydrogen (secondary N) is 2. The molecule has 0 aliphatic rings. The van der Waals surface area contributed by atoms with Crippen LogP contribution in [0.15, 0.2) is 67.1 Å². The third-order valence-corrected chi connectivity index (χ3v) is 5.61. The number of hydrogen-bond acceptors (Lipinski definition) is 7. The molecule has 1 amide bonds. The number of hydrogen-bond donors (Lipinski definition) is 3. The van der Waals surface area contributed by atoms with Gasteiger partial charge in [0.2, 0.25) is 0 Å². The third-order valence-electron chi connectivity index (χ3n) is 5.61. The Morgan fingerprint density at radius 2 is 1.91 bits per heavy atom. The van der Waals surface area contributed by atoms with Gasteiger partial charge in [0.05, 0.1) is 41.7 Å². The molecule has 5 aromatic rings. The molecule has 0 unspecified atom stereocenters. The van der Waals surface area contributed by atoms with Gasteiger partial charge in [0, 0.05) is 29.4 Å². The summed E-state index contributed by atoms with van der Waals surface area (Å²) in [5, 5.41) is 18.4. The summed E-state index contributed by atoms with van der Waals surface area (Å²) in [4.78, 5) is 17.2. The van der Waals surface area contributed by atoms with Gasteiger partial charge in [0.25, 0.3) is 5.91 Å². The van der Waals surface area contributed by atoms with Gasteiger partial charge in [-0.1, -0.05) is 24.3 Å². The minimum absolute atomic E-state index is 0.135. The van der Waals surface area contributed by atoms with Crippen LogP contribution < -0.4 is 15.8 Å². The Bertz CT molecular complexity index is 1520. The molecule has 35 heavy (non-hydrogen) atoms. The summed E-state index contributed by atoms with van der Waals surface area (Å²) in [6.07, 6.45) is 5.00. The van der Waals surface area contributed by atoms with Crippen molar-refractivity contribution in [3.8, 4) is 28.1 Å². The Morgan fingerprint density at radius 1 is 1.09 bits per heavy atom. The number of aromatic nitrogens is 5. The van der Waals surface area contributed by atoms with E-state index in [1.54, 1.807) is 18.6 Å². The van der Waals surface area contributed by atoms with Crippen LogP contribution >= 0.6 is 0 Å². The van der Waals surface area contributed by atoms with Crippen LogP contribution in [-0.4, -0.2) is 38.4 Å². The van der Waals surface area contributed by atoms with Crippen molar-refractivity contribution >= 4 is 22.6 Å². The van der Waals surface area contributed by atoms with Gasteiger partial charge < -0.3 is 15.8 Å². The molecular weight excluding hydrogens is 449 g/mol. The molecule has 4 N–H and O–H groups in total. The summed E-state index contributed by atoms with van der Waals surface area (Å²) in [7, 11) is 1.43. The predicted octanol–water partition coefficient (Wildman–Crippen LogP) is 3.74. The zero-order valence-electron chi connectivity index (χ0n) is 18.6. The first kappa shape index (κ1) is 22.0. The van der Waals surface area contributed by atoms with E-state index in [1.165, 1.54) is 19.2 Å². The number of nitrogens with two attached hydrogens (primary N) is 1. The van der Waals surface area contributed by atoms with Crippen molar-refractivity contribution in [2.24, 2.45) is 0 Å². The van der Waals surface area contributed by atoms with E-state index >= 15 is 0 Å². The largest absolute Gasteiger partial charge is 0.496 e. The summed E-state index contributed by atoms with van der Waals surface area (Å²) in [5.74, 6) is -0.296. The minimum atomic E-state index is -0.510. The van der Waals surface area contributed by atoms with Crippen LogP contribution in [0.4, 0.5) is 10.2 Å². The van der Waals surface area contributed by atoms with E-state index < -0.39 is 11.7 Å². The normalized spacial score (nSPS) is 10.9. The summed E-state index contributed by atoms with van der Waals surface area (Å²) >= 11 is 0. The number of carbonyl (C=O) groups excluding carboxylic acids is 1. The second-order valence-corrected chi connectivity index (χ2v) is 7.73. The highest BCUT2D eigenvalue weighted by Gasteiger charge is 2.17. The van der Waals surface area contributed by atoms with Gasteiger partial charge >= 0.3 is 0 Å². The van der Waals surface area contributed by atoms with Crippen molar-refractivity contribution in [2.45, 2.75) is 6.54 Å². The molecule has 0 saturated carbocycles. The van der Waals surface area contributed by atoms with Crippen molar-refractivity contribution < 1.29 is 13.9 Å².